The summed E-state index contributed by atoms with van der Waals surface area (Å²) < 4.78 is 9.26. The Balaban J connectivity index is 1.67. The lowest BCUT2D eigenvalue weighted by molar-refractivity contribution is -0.676. The van der Waals surface area contributed by atoms with Gasteiger partial charge in [-0.1, -0.05) is 30.5 Å². The van der Waals surface area contributed by atoms with Crippen molar-refractivity contribution in [1.29, 1.82) is 0 Å². The lowest BCUT2D eigenvalue weighted by Gasteiger charge is -2.32. The summed E-state index contributed by atoms with van der Waals surface area (Å²) in [5.41, 5.74) is 3.28. The first kappa shape index (κ1) is 21.2. The Labute approximate surface area is 182 Å². The van der Waals surface area contributed by atoms with Crippen LogP contribution in [0.5, 0.6) is 0 Å². The molecule has 3 heterocycles. The minimum Gasteiger partial charge on any atom is -0.380 e. The Hall–Kier alpha value is -3.00. The number of unbranched alkanes of at least 4 members (excludes halogenated alkanes) is 1. The summed E-state index contributed by atoms with van der Waals surface area (Å²) >= 11 is 0. The zero-order chi connectivity index (χ0) is 22.1. The van der Waals surface area contributed by atoms with Crippen molar-refractivity contribution in [2.24, 2.45) is 4.99 Å². The molecule has 8 nitrogen and oxygen atoms in total. The summed E-state index contributed by atoms with van der Waals surface area (Å²) in [7, 11) is 1.67. The average molecular weight is 425 g/mol. The number of ether oxygens (including phenoxy) is 1. The fraction of sp³-hybridized carbons (Fsp3) is 0.478. The molecule has 8 heteroatoms. The van der Waals surface area contributed by atoms with Crippen molar-refractivity contribution in [3.63, 3.8) is 0 Å². The van der Waals surface area contributed by atoms with Crippen LogP contribution in [-0.4, -0.2) is 58.9 Å². The zero-order valence-corrected chi connectivity index (χ0v) is 18.7. The summed E-state index contributed by atoms with van der Waals surface area (Å²) in [5.74, 6) is 0.849. The zero-order valence-electron chi connectivity index (χ0n) is 18.7. The number of fused-ring (bicyclic) bond motifs is 3. The molecule has 1 saturated heterocycles. The van der Waals surface area contributed by atoms with Crippen molar-refractivity contribution in [3.8, 4) is 5.69 Å². The van der Waals surface area contributed by atoms with Crippen LogP contribution >= 0.6 is 0 Å². The first-order valence-corrected chi connectivity index (χ1v) is 11.0. The number of carbonyl (C=O) groups is 2. The van der Waals surface area contributed by atoms with Crippen molar-refractivity contribution in [2.45, 2.75) is 46.1 Å². The number of likely N-dealkylation sites (N-methyl/N-ethyl adjacent to an activating group) is 1. The van der Waals surface area contributed by atoms with Gasteiger partial charge in [0.25, 0.3) is 5.91 Å². The van der Waals surface area contributed by atoms with E-state index >= 15 is 0 Å². The molecular formula is C23H30N5O3+. The van der Waals surface area contributed by atoms with E-state index in [0.717, 1.165) is 17.8 Å². The molecule has 1 aromatic carbocycles. The molecule has 0 aliphatic carbocycles. The van der Waals surface area contributed by atoms with Crippen LogP contribution in [0.15, 0.2) is 35.5 Å². The predicted molar refractivity (Wildman–Crippen MR) is 117 cm³/mol. The monoisotopic (exact) mass is 424 g/mol. The van der Waals surface area contributed by atoms with Gasteiger partial charge in [-0.25, -0.2) is 9.36 Å². The number of nitrogens with zero attached hydrogens (tertiary/aromatic N) is 5. The number of imidazole rings is 1. The van der Waals surface area contributed by atoms with E-state index in [-0.39, 0.29) is 18.5 Å². The van der Waals surface area contributed by atoms with Crippen LogP contribution in [0.3, 0.4) is 0 Å². The first-order chi connectivity index (χ1) is 15.0. The largest absolute Gasteiger partial charge is 0.406 e. The quantitative estimate of drug-likeness (QED) is 0.483. The van der Waals surface area contributed by atoms with Gasteiger partial charge in [0.1, 0.15) is 17.6 Å². The number of amides is 3. The highest BCUT2D eigenvalue weighted by molar-refractivity contribution is 6.19. The van der Waals surface area contributed by atoms with Gasteiger partial charge in [-0.3, -0.25) is 14.6 Å². The van der Waals surface area contributed by atoms with Gasteiger partial charge in [-0.2, -0.15) is 4.57 Å². The lowest BCUT2D eigenvalue weighted by atomic mass is 10.1. The van der Waals surface area contributed by atoms with E-state index in [9.17, 15) is 9.59 Å². The Morgan fingerprint density at radius 2 is 1.90 bits per heavy atom. The molecule has 3 amide bonds. The van der Waals surface area contributed by atoms with Crippen LogP contribution in [0, 0.1) is 6.92 Å². The summed E-state index contributed by atoms with van der Waals surface area (Å²) in [5, 5.41) is 0. The number of benzene rings is 1. The molecule has 0 radical (unpaired) electrons. The SMILES string of the molecule is CCCCc1ccc(-n2c(C)c[n+]3c2N=C2C3C(=O)N(CCOCC)C(=O)N2C)cc1. The second kappa shape index (κ2) is 8.63. The van der Waals surface area contributed by atoms with Crippen molar-refractivity contribution < 1.29 is 18.9 Å². The van der Waals surface area contributed by atoms with Crippen LogP contribution in [0.4, 0.5) is 10.7 Å². The van der Waals surface area contributed by atoms with E-state index in [0.29, 0.717) is 25.0 Å². The Morgan fingerprint density at radius 1 is 1.16 bits per heavy atom. The highest BCUT2D eigenvalue weighted by Gasteiger charge is 2.53. The summed E-state index contributed by atoms with van der Waals surface area (Å²) in [6, 6.07) is 7.47. The third-order valence-electron chi connectivity index (χ3n) is 5.89. The van der Waals surface area contributed by atoms with E-state index in [1.54, 1.807) is 7.05 Å². The molecule has 31 heavy (non-hydrogen) atoms. The number of rotatable bonds is 8. The molecule has 2 aliphatic heterocycles. The van der Waals surface area contributed by atoms with Gasteiger partial charge in [-0.15, -0.1) is 0 Å². The van der Waals surface area contributed by atoms with Gasteiger partial charge in [0, 0.05) is 13.7 Å². The molecule has 1 unspecified atom stereocenters. The second-order valence-electron chi connectivity index (χ2n) is 7.98. The molecule has 1 atom stereocenters. The number of aryl methyl sites for hydroxylation is 2. The Kier molecular flexibility index (Phi) is 5.91. The average Bonchev–Trinajstić information content (AvgIpc) is 3.28. The van der Waals surface area contributed by atoms with Crippen molar-refractivity contribution in [1.82, 2.24) is 14.4 Å². The van der Waals surface area contributed by atoms with Crippen molar-refractivity contribution in [3.05, 3.63) is 41.7 Å². The lowest BCUT2D eigenvalue weighted by Crippen LogP contribution is -2.63. The normalized spacial score (nSPS) is 17.8. The topological polar surface area (TPSA) is 71.0 Å². The Morgan fingerprint density at radius 3 is 2.58 bits per heavy atom. The summed E-state index contributed by atoms with van der Waals surface area (Å²) in [6.45, 7) is 7.17. The van der Waals surface area contributed by atoms with Crippen LogP contribution in [0.2, 0.25) is 0 Å². The third kappa shape index (κ3) is 3.65. The van der Waals surface area contributed by atoms with Crippen LogP contribution in [-0.2, 0) is 16.0 Å². The maximum absolute atomic E-state index is 13.2. The number of hydrogen-bond donors (Lipinski definition) is 0. The van der Waals surface area contributed by atoms with E-state index < -0.39 is 6.04 Å². The molecule has 1 aromatic heterocycles. The Bertz CT molecular complexity index is 1020. The molecular weight excluding hydrogens is 394 g/mol. The molecule has 0 bridgehead atoms. The predicted octanol–water partition coefficient (Wildman–Crippen LogP) is 2.93. The number of aliphatic imine (C=N–C) groups is 1. The number of amidine groups is 1. The number of hydrogen-bond acceptors (Lipinski definition) is 4. The number of carbonyl (C=O) groups excluding carboxylic acids is 2. The molecule has 164 valence electrons. The number of aromatic nitrogens is 2. The number of urea groups is 1. The maximum atomic E-state index is 13.2. The van der Waals surface area contributed by atoms with E-state index in [1.807, 2.05) is 29.2 Å². The highest BCUT2D eigenvalue weighted by atomic mass is 16.5. The van der Waals surface area contributed by atoms with Crippen LogP contribution in [0.25, 0.3) is 5.69 Å². The summed E-state index contributed by atoms with van der Waals surface area (Å²) in [4.78, 5) is 33.5. The van der Waals surface area contributed by atoms with Gasteiger partial charge < -0.3 is 4.74 Å². The van der Waals surface area contributed by atoms with Gasteiger partial charge in [-0.05, 0) is 44.4 Å². The maximum Gasteiger partial charge on any atom is 0.406 e. The first-order valence-electron chi connectivity index (χ1n) is 11.0. The van der Waals surface area contributed by atoms with Gasteiger partial charge in [0.2, 0.25) is 11.9 Å². The number of imide groups is 1. The van der Waals surface area contributed by atoms with Crippen molar-refractivity contribution in [2.75, 3.05) is 26.8 Å². The van der Waals surface area contributed by atoms with Crippen molar-refractivity contribution >= 4 is 23.7 Å². The van der Waals surface area contributed by atoms with E-state index in [1.165, 1.54) is 28.2 Å². The van der Waals surface area contributed by atoms with Crippen LogP contribution in [0.1, 0.15) is 44.0 Å². The minimum absolute atomic E-state index is 0.231. The van der Waals surface area contributed by atoms with Gasteiger partial charge in [0.15, 0.2) is 0 Å². The fourth-order valence-corrected chi connectivity index (χ4v) is 4.20. The second-order valence-corrected chi connectivity index (χ2v) is 7.98. The molecule has 1 fully saturated rings. The van der Waals surface area contributed by atoms with Gasteiger partial charge >= 0.3 is 12.0 Å². The molecule has 2 aliphatic rings. The van der Waals surface area contributed by atoms with Gasteiger partial charge in [0.05, 0.1) is 13.2 Å². The standard InChI is InChI=1S/C23H30N5O3/c1-5-7-8-17-9-11-18(12-10-17)28-16(3)15-27-19-20(24-22(27)28)25(4)23(30)26(21(19)29)13-14-31-6-2/h9-12,15,19H,5-8,13-14H2,1-4H3/q+1. The van der Waals surface area contributed by atoms with Crippen LogP contribution < -0.4 is 4.57 Å². The molecule has 2 aromatic rings. The van der Waals surface area contributed by atoms with E-state index in [4.69, 9.17) is 9.73 Å². The minimum atomic E-state index is -0.636. The third-order valence-corrected chi connectivity index (χ3v) is 5.89. The smallest absolute Gasteiger partial charge is 0.380 e. The fourth-order valence-electron chi connectivity index (χ4n) is 4.20. The molecule has 4 rings (SSSR count). The highest BCUT2D eigenvalue weighted by Crippen LogP contribution is 2.31. The van der Waals surface area contributed by atoms with E-state index in [2.05, 4.69) is 31.2 Å². The molecule has 0 spiro atoms. The molecule has 0 N–H and O–H groups in total. The molecule has 0 saturated carbocycles. The summed E-state index contributed by atoms with van der Waals surface area (Å²) in [6.07, 6.45) is 5.34.